The third kappa shape index (κ3) is 2.64. The molecule has 0 spiro atoms. The molecule has 1 aromatic carbocycles. The first-order valence-corrected chi connectivity index (χ1v) is 10.4. The minimum atomic E-state index is -5.61. The summed E-state index contributed by atoms with van der Waals surface area (Å²) >= 11 is 4.18. The second kappa shape index (κ2) is 6.56. The molecule has 0 saturated carbocycles. The average molecular weight is 506 g/mol. The van der Waals surface area contributed by atoms with E-state index in [-0.39, 0.29) is 26.0 Å². The normalized spacial score (nSPS) is 19.7. The van der Waals surface area contributed by atoms with Gasteiger partial charge in [0.1, 0.15) is 4.60 Å². The summed E-state index contributed by atoms with van der Waals surface area (Å²) in [6, 6.07) is 7.75. The van der Waals surface area contributed by atoms with Crippen LogP contribution in [0.4, 0.5) is 26.3 Å². The van der Waals surface area contributed by atoms with Crippen LogP contribution in [0.1, 0.15) is 27.3 Å². The van der Waals surface area contributed by atoms with E-state index in [9.17, 15) is 8.78 Å². The molecule has 0 unspecified atom stereocenters. The molecular weight excluding hydrogens is 492 g/mol. The molecular formula is C21H14BrF6NS. The monoisotopic (exact) mass is 505 g/mol. The van der Waals surface area contributed by atoms with Crippen LogP contribution in [-0.2, 0) is 0 Å². The Morgan fingerprint density at radius 2 is 1.47 bits per heavy atom. The van der Waals surface area contributed by atoms with Crippen LogP contribution in [0.5, 0.6) is 0 Å². The minimum absolute atomic E-state index is 0.105. The second-order valence-electron chi connectivity index (χ2n) is 7.26. The topological polar surface area (TPSA) is 12.9 Å². The van der Waals surface area contributed by atoms with Crippen molar-refractivity contribution in [1.82, 2.24) is 4.98 Å². The number of rotatable bonds is 2. The van der Waals surface area contributed by atoms with Crippen LogP contribution in [0.15, 0.2) is 34.9 Å². The molecule has 158 valence electrons. The maximum absolute atomic E-state index is 15.1. The van der Waals surface area contributed by atoms with Crippen molar-refractivity contribution in [3.05, 3.63) is 62.2 Å². The highest BCUT2D eigenvalue weighted by molar-refractivity contribution is 9.10. The van der Waals surface area contributed by atoms with Crippen molar-refractivity contribution >= 4 is 48.5 Å². The molecule has 0 bridgehead atoms. The Balaban J connectivity index is 2.21. The van der Waals surface area contributed by atoms with E-state index < -0.39 is 34.6 Å². The van der Waals surface area contributed by atoms with Gasteiger partial charge in [-0.15, -0.1) is 11.3 Å². The zero-order valence-corrected chi connectivity index (χ0v) is 18.3. The van der Waals surface area contributed by atoms with Crippen molar-refractivity contribution in [2.75, 3.05) is 0 Å². The Morgan fingerprint density at radius 1 is 0.867 bits per heavy atom. The summed E-state index contributed by atoms with van der Waals surface area (Å²) in [5.41, 5.74) is -2.98. The molecule has 0 N–H and O–H groups in total. The van der Waals surface area contributed by atoms with Gasteiger partial charge < -0.3 is 0 Å². The van der Waals surface area contributed by atoms with Gasteiger partial charge in [0.2, 0.25) is 0 Å². The summed E-state index contributed by atoms with van der Waals surface area (Å²) in [4.78, 5) is 4.22. The number of nitrogens with zero attached hydrogens (tertiary/aromatic N) is 1. The first kappa shape index (κ1) is 21.4. The number of hydrogen-bond donors (Lipinski definition) is 0. The predicted molar refractivity (Wildman–Crippen MR) is 110 cm³/mol. The van der Waals surface area contributed by atoms with Gasteiger partial charge >= 0.3 is 17.8 Å². The van der Waals surface area contributed by atoms with E-state index >= 15 is 17.6 Å². The zero-order valence-electron chi connectivity index (χ0n) is 15.9. The zero-order chi connectivity index (χ0) is 22.2. The fourth-order valence-corrected chi connectivity index (χ4v) is 5.20. The van der Waals surface area contributed by atoms with Gasteiger partial charge in [0.15, 0.2) is 0 Å². The number of alkyl halides is 6. The fourth-order valence-electron chi connectivity index (χ4n) is 3.83. The maximum atomic E-state index is 15.1. The Labute approximate surface area is 180 Å². The molecule has 3 aromatic rings. The maximum Gasteiger partial charge on any atom is 0.380 e. The Kier molecular flexibility index (Phi) is 4.67. The molecule has 0 aliphatic heterocycles. The van der Waals surface area contributed by atoms with Crippen molar-refractivity contribution < 1.29 is 26.3 Å². The molecule has 1 aliphatic rings. The van der Waals surface area contributed by atoms with Crippen LogP contribution in [0.3, 0.4) is 0 Å². The lowest BCUT2D eigenvalue weighted by molar-refractivity contribution is -0.254. The number of pyridine rings is 1. The summed E-state index contributed by atoms with van der Waals surface area (Å²) in [5, 5.41) is 0.226. The molecule has 2 aromatic heterocycles. The second-order valence-corrected chi connectivity index (χ2v) is 9.27. The number of aryl methyl sites for hydroxylation is 3. The number of halogens is 7. The summed E-state index contributed by atoms with van der Waals surface area (Å²) < 4.78 is 89.9. The standard InChI is InChI=1S/C21H14BrF6NS/c1-9-8-10(2)18(22)29-17(9)16-15(19(23,24)21(27,28)20(16,25)26)14-11(3)30-13-7-5-4-6-12(13)14/h4-8H,1-3H3. The van der Waals surface area contributed by atoms with Crippen LogP contribution in [0.2, 0.25) is 0 Å². The van der Waals surface area contributed by atoms with Gasteiger partial charge in [-0.05, 0) is 53.9 Å². The molecule has 1 aliphatic carbocycles. The number of allylic oxidation sites excluding steroid dienone is 2. The van der Waals surface area contributed by atoms with Crippen LogP contribution < -0.4 is 0 Å². The van der Waals surface area contributed by atoms with Gasteiger partial charge in [-0.25, -0.2) is 4.98 Å². The van der Waals surface area contributed by atoms with E-state index in [1.807, 2.05) is 0 Å². The molecule has 1 nitrogen and oxygen atoms in total. The van der Waals surface area contributed by atoms with E-state index in [0.29, 0.717) is 10.3 Å². The summed E-state index contributed by atoms with van der Waals surface area (Å²) in [7, 11) is 0. The van der Waals surface area contributed by atoms with Crippen molar-refractivity contribution in [2.24, 2.45) is 0 Å². The summed E-state index contributed by atoms with van der Waals surface area (Å²) in [5.74, 6) is -15.8. The van der Waals surface area contributed by atoms with Crippen LogP contribution in [-0.4, -0.2) is 22.8 Å². The lowest BCUT2D eigenvalue weighted by Crippen LogP contribution is -2.49. The van der Waals surface area contributed by atoms with Gasteiger partial charge in [0.05, 0.1) is 11.3 Å². The van der Waals surface area contributed by atoms with E-state index in [1.165, 1.54) is 26.0 Å². The van der Waals surface area contributed by atoms with Gasteiger partial charge in [-0.1, -0.05) is 24.3 Å². The number of benzene rings is 1. The van der Waals surface area contributed by atoms with Gasteiger partial charge in [0.25, 0.3) is 0 Å². The third-order valence-electron chi connectivity index (χ3n) is 5.27. The quantitative estimate of drug-likeness (QED) is 0.255. The molecule has 0 saturated heterocycles. The molecule has 0 atom stereocenters. The number of aromatic nitrogens is 1. The average Bonchev–Trinajstić information content (AvgIpc) is 3.02. The first-order chi connectivity index (χ1) is 13.8. The van der Waals surface area contributed by atoms with Crippen LogP contribution in [0, 0.1) is 20.8 Å². The third-order valence-corrected chi connectivity index (χ3v) is 7.16. The van der Waals surface area contributed by atoms with E-state index in [1.54, 1.807) is 25.1 Å². The lowest BCUT2D eigenvalue weighted by Gasteiger charge is -2.26. The van der Waals surface area contributed by atoms with Crippen molar-refractivity contribution in [2.45, 2.75) is 38.5 Å². The van der Waals surface area contributed by atoms with Crippen molar-refractivity contribution in [3.8, 4) is 0 Å². The molecule has 4 rings (SSSR count). The largest absolute Gasteiger partial charge is 0.380 e. The smallest absolute Gasteiger partial charge is 0.240 e. The minimum Gasteiger partial charge on any atom is -0.240 e. The fraction of sp³-hybridized carbons (Fsp3) is 0.286. The first-order valence-electron chi connectivity index (χ1n) is 8.83. The molecule has 9 heteroatoms. The Hall–Kier alpha value is -1.87. The van der Waals surface area contributed by atoms with Crippen molar-refractivity contribution in [1.29, 1.82) is 0 Å². The molecule has 0 amide bonds. The predicted octanol–water partition coefficient (Wildman–Crippen LogP) is 7.81. The van der Waals surface area contributed by atoms with Crippen LogP contribution >= 0.6 is 27.3 Å². The number of fused-ring (bicyclic) bond motifs is 1. The molecule has 2 heterocycles. The number of hydrogen-bond acceptors (Lipinski definition) is 2. The highest BCUT2D eigenvalue weighted by Crippen LogP contribution is 2.65. The molecule has 0 radical (unpaired) electrons. The Morgan fingerprint density at radius 3 is 2.13 bits per heavy atom. The van der Waals surface area contributed by atoms with E-state index in [0.717, 1.165) is 11.3 Å². The van der Waals surface area contributed by atoms with Gasteiger partial charge in [-0.3, -0.25) is 0 Å². The highest BCUT2D eigenvalue weighted by Gasteiger charge is 2.80. The van der Waals surface area contributed by atoms with Gasteiger partial charge in [0, 0.05) is 26.1 Å². The number of thiophene rings is 1. The molecule has 30 heavy (non-hydrogen) atoms. The van der Waals surface area contributed by atoms with Gasteiger partial charge in [-0.2, -0.15) is 26.3 Å². The highest BCUT2D eigenvalue weighted by atomic mass is 79.9. The van der Waals surface area contributed by atoms with E-state index in [4.69, 9.17) is 0 Å². The summed E-state index contributed by atoms with van der Waals surface area (Å²) in [6.45, 7) is 4.48. The lowest BCUT2D eigenvalue weighted by atomic mass is 9.93. The SMILES string of the molecule is Cc1cc(C)c(C2=C(c3c(C)sc4ccccc34)C(F)(F)C(F)(F)C2(F)F)nc1Br. The van der Waals surface area contributed by atoms with E-state index in [2.05, 4.69) is 20.9 Å². The molecule has 0 fully saturated rings. The Bertz CT molecular complexity index is 1230. The van der Waals surface area contributed by atoms with Crippen LogP contribution in [0.25, 0.3) is 21.2 Å². The summed E-state index contributed by atoms with van der Waals surface area (Å²) in [6.07, 6.45) is 0. The van der Waals surface area contributed by atoms with Crippen molar-refractivity contribution in [3.63, 3.8) is 0 Å².